The number of carbonyl (C=O) groups is 1. The van der Waals surface area contributed by atoms with Crippen LogP contribution in [0.2, 0.25) is 0 Å². The zero-order valence-electron chi connectivity index (χ0n) is 15.8. The van der Waals surface area contributed by atoms with Crippen molar-refractivity contribution >= 4 is 5.91 Å². The van der Waals surface area contributed by atoms with Crippen LogP contribution in [-0.2, 0) is 11.3 Å². The summed E-state index contributed by atoms with van der Waals surface area (Å²) in [7, 11) is 1.73. The van der Waals surface area contributed by atoms with Crippen LogP contribution in [0.3, 0.4) is 0 Å². The molecule has 1 aliphatic carbocycles. The normalized spacial score (nSPS) is 26.8. The lowest BCUT2D eigenvalue weighted by Gasteiger charge is -2.36. The van der Waals surface area contributed by atoms with Crippen LogP contribution in [0.25, 0.3) is 0 Å². The number of fused-ring (bicyclic) bond motifs is 4. The number of nitrogens with zero attached hydrogens (tertiary/aromatic N) is 2. The standard InChI is InChI=1S/C21H30N2O2/c1-14-9-20(25-3)15(2)8-18(14)12-22-11-17-6-7-19(13-22)23(21(17)24)10-16-4-5-16/h8-9,16-17,19H,4-7,10-13H2,1-3H3/t17-,19+/m0/s1. The number of aryl methyl sites for hydroxylation is 2. The second-order valence-electron chi connectivity index (χ2n) is 8.30. The average Bonchev–Trinajstić information content (AvgIpc) is 3.41. The molecule has 0 aromatic heterocycles. The molecular formula is C21H30N2O2. The second kappa shape index (κ2) is 6.64. The van der Waals surface area contributed by atoms with E-state index in [-0.39, 0.29) is 5.92 Å². The maximum absolute atomic E-state index is 12.9. The Bertz CT molecular complexity index is 668. The van der Waals surface area contributed by atoms with E-state index in [9.17, 15) is 4.79 Å². The summed E-state index contributed by atoms with van der Waals surface area (Å²) in [6, 6.07) is 4.82. The van der Waals surface area contributed by atoms with Crippen LogP contribution < -0.4 is 4.74 Å². The third-order valence-corrected chi connectivity index (χ3v) is 6.27. The third-order valence-electron chi connectivity index (χ3n) is 6.27. The first-order valence-electron chi connectivity index (χ1n) is 9.72. The summed E-state index contributed by atoms with van der Waals surface area (Å²) in [5.74, 6) is 2.37. The third kappa shape index (κ3) is 3.41. The lowest BCUT2D eigenvalue weighted by molar-refractivity contribution is -0.140. The fourth-order valence-corrected chi connectivity index (χ4v) is 4.56. The fourth-order valence-electron chi connectivity index (χ4n) is 4.56. The summed E-state index contributed by atoms with van der Waals surface area (Å²) < 4.78 is 5.44. The van der Waals surface area contributed by atoms with Gasteiger partial charge in [-0.25, -0.2) is 0 Å². The SMILES string of the molecule is COc1cc(C)c(CN2C[C@@H]3CC[C@H](C2)N(CC2CC2)C3=O)cc1C. The molecule has 4 fully saturated rings. The Morgan fingerprint density at radius 2 is 1.88 bits per heavy atom. The highest BCUT2D eigenvalue weighted by Gasteiger charge is 2.42. The maximum Gasteiger partial charge on any atom is 0.227 e. The van der Waals surface area contributed by atoms with Gasteiger partial charge in [0.2, 0.25) is 5.91 Å². The van der Waals surface area contributed by atoms with E-state index in [0.29, 0.717) is 11.9 Å². The minimum absolute atomic E-state index is 0.206. The Labute approximate surface area is 151 Å². The number of hydrogen-bond donors (Lipinski definition) is 0. The molecular weight excluding hydrogens is 312 g/mol. The number of carbonyl (C=O) groups excluding carboxylic acids is 1. The number of methoxy groups -OCH3 is 1. The fraction of sp³-hybridized carbons (Fsp3) is 0.667. The molecule has 1 saturated carbocycles. The maximum atomic E-state index is 12.9. The number of benzene rings is 1. The minimum Gasteiger partial charge on any atom is -0.496 e. The molecule has 4 nitrogen and oxygen atoms in total. The molecule has 0 N–H and O–H groups in total. The molecule has 1 aromatic rings. The zero-order chi connectivity index (χ0) is 17.6. The predicted molar refractivity (Wildman–Crippen MR) is 98.7 cm³/mol. The number of rotatable bonds is 5. The molecule has 4 aliphatic rings. The van der Waals surface area contributed by atoms with Crippen molar-refractivity contribution in [1.29, 1.82) is 0 Å². The molecule has 5 rings (SSSR count). The van der Waals surface area contributed by atoms with Gasteiger partial charge in [0.25, 0.3) is 0 Å². The van der Waals surface area contributed by atoms with Crippen molar-refractivity contribution in [3.63, 3.8) is 0 Å². The van der Waals surface area contributed by atoms with E-state index in [1.54, 1.807) is 7.11 Å². The second-order valence-corrected chi connectivity index (χ2v) is 8.30. The summed E-state index contributed by atoms with van der Waals surface area (Å²) >= 11 is 0. The van der Waals surface area contributed by atoms with Crippen molar-refractivity contribution in [3.05, 3.63) is 28.8 Å². The first kappa shape index (κ1) is 16.9. The summed E-state index contributed by atoms with van der Waals surface area (Å²) in [6.45, 7) is 8.16. The van der Waals surface area contributed by atoms with E-state index in [1.165, 1.54) is 36.0 Å². The van der Waals surface area contributed by atoms with Gasteiger partial charge >= 0.3 is 0 Å². The van der Waals surface area contributed by atoms with Crippen LogP contribution >= 0.6 is 0 Å². The Morgan fingerprint density at radius 3 is 2.60 bits per heavy atom. The number of piperidine rings is 1. The van der Waals surface area contributed by atoms with Gasteiger partial charge in [-0.1, -0.05) is 6.07 Å². The molecule has 3 aliphatic heterocycles. The molecule has 0 spiro atoms. The molecule has 4 heteroatoms. The highest BCUT2D eigenvalue weighted by molar-refractivity contribution is 5.80. The minimum atomic E-state index is 0.206. The van der Waals surface area contributed by atoms with Gasteiger partial charge in [-0.3, -0.25) is 9.69 Å². The van der Waals surface area contributed by atoms with Crippen molar-refractivity contribution in [2.45, 2.75) is 52.1 Å². The van der Waals surface area contributed by atoms with E-state index in [2.05, 4.69) is 35.8 Å². The average molecular weight is 342 g/mol. The number of ether oxygens (including phenoxy) is 1. The smallest absolute Gasteiger partial charge is 0.227 e. The quantitative estimate of drug-likeness (QED) is 0.824. The predicted octanol–water partition coefficient (Wildman–Crippen LogP) is 3.14. The molecule has 3 heterocycles. The van der Waals surface area contributed by atoms with Crippen LogP contribution in [0.5, 0.6) is 5.75 Å². The molecule has 136 valence electrons. The molecule has 1 amide bonds. The van der Waals surface area contributed by atoms with Crippen molar-refractivity contribution in [1.82, 2.24) is 9.80 Å². The first-order chi connectivity index (χ1) is 12.0. The van der Waals surface area contributed by atoms with Gasteiger partial charge < -0.3 is 9.64 Å². The molecule has 0 radical (unpaired) electrons. The van der Waals surface area contributed by atoms with E-state index in [0.717, 1.165) is 44.3 Å². The van der Waals surface area contributed by atoms with Crippen LogP contribution in [0.1, 0.15) is 42.4 Å². The summed E-state index contributed by atoms with van der Waals surface area (Å²) in [6.07, 6.45) is 4.88. The van der Waals surface area contributed by atoms with Gasteiger partial charge in [-0.2, -0.15) is 0 Å². The van der Waals surface area contributed by atoms with E-state index in [1.807, 2.05) is 0 Å². The van der Waals surface area contributed by atoms with Gasteiger partial charge in [0, 0.05) is 32.2 Å². The van der Waals surface area contributed by atoms with Crippen molar-refractivity contribution in [3.8, 4) is 5.75 Å². The van der Waals surface area contributed by atoms with Gasteiger partial charge in [0.15, 0.2) is 0 Å². The largest absolute Gasteiger partial charge is 0.496 e. The Morgan fingerprint density at radius 1 is 1.08 bits per heavy atom. The molecule has 25 heavy (non-hydrogen) atoms. The summed E-state index contributed by atoms with van der Waals surface area (Å²) in [4.78, 5) is 17.6. The molecule has 2 atom stereocenters. The van der Waals surface area contributed by atoms with Gasteiger partial charge in [0.05, 0.1) is 13.0 Å². The Kier molecular flexibility index (Phi) is 4.48. The van der Waals surface area contributed by atoms with Crippen LogP contribution in [0.15, 0.2) is 12.1 Å². The lowest BCUT2D eigenvalue weighted by Crippen LogP contribution is -2.48. The number of hydrogen-bond acceptors (Lipinski definition) is 3. The number of amides is 1. The molecule has 1 aromatic carbocycles. The van der Waals surface area contributed by atoms with E-state index < -0.39 is 0 Å². The van der Waals surface area contributed by atoms with Crippen LogP contribution in [-0.4, -0.2) is 48.5 Å². The molecule has 2 bridgehead atoms. The van der Waals surface area contributed by atoms with E-state index in [4.69, 9.17) is 4.74 Å². The zero-order valence-corrected chi connectivity index (χ0v) is 15.8. The van der Waals surface area contributed by atoms with Crippen LogP contribution in [0.4, 0.5) is 0 Å². The highest BCUT2D eigenvalue weighted by Crippen LogP contribution is 2.36. The summed E-state index contributed by atoms with van der Waals surface area (Å²) in [5, 5.41) is 0. The monoisotopic (exact) mass is 342 g/mol. The molecule has 3 saturated heterocycles. The topological polar surface area (TPSA) is 32.8 Å². The Hall–Kier alpha value is -1.55. The van der Waals surface area contributed by atoms with Gasteiger partial charge in [-0.05, 0) is 68.2 Å². The summed E-state index contributed by atoms with van der Waals surface area (Å²) in [5.41, 5.74) is 3.83. The Balaban J connectivity index is 1.50. The van der Waals surface area contributed by atoms with Gasteiger partial charge in [-0.15, -0.1) is 0 Å². The van der Waals surface area contributed by atoms with Crippen LogP contribution in [0, 0.1) is 25.7 Å². The van der Waals surface area contributed by atoms with Crippen molar-refractivity contribution in [2.24, 2.45) is 11.8 Å². The first-order valence-corrected chi connectivity index (χ1v) is 9.72. The highest BCUT2D eigenvalue weighted by atomic mass is 16.5. The van der Waals surface area contributed by atoms with Crippen molar-refractivity contribution in [2.75, 3.05) is 26.7 Å². The molecule has 0 unspecified atom stereocenters. The van der Waals surface area contributed by atoms with E-state index >= 15 is 0 Å². The van der Waals surface area contributed by atoms with Gasteiger partial charge in [0.1, 0.15) is 5.75 Å². The van der Waals surface area contributed by atoms with Crippen molar-refractivity contribution < 1.29 is 9.53 Å². The lowest BCUT2D eigenvalue weighted by atomic mass is 9.94.